The molecule has 3 aromatic carbocycles. The number of nitrogens with zero attached hydrogens (tertiary/aromatic N) is 1. The van der Waals surface area contributed by atoms with E-state index in [-0.39, 0.29) is 24.7 Å². The predicted molar refractivity (Wildman–Crippen MR) is 151 cm³/mol. The summed E-state index contributed by atoms with van der Waals surface area (Å²) in [5, 5.41) is 0. The van der Waals surface area contributed by atoms with Gasteiger partial charge in [0.1, 0.15) is 41.6 Å². The van der Waals surface area contributed by atoms with Crippen molar-refractivity contribution < 1.29 is 42.9 Å². The van der Waals surface area contributed by atoms with Crippen LogP contribution in [0.5, 0.6) is 23.0 Å². The highest BCUT2D eigenvalue weighted by Gasteiger charge is 2.44. The average Bonchev–Trinajstić information content (AvgIpc) is 2.94. The molecular weight excluding hydrogens is 542 g/mol. The number of ether oxygens (including phenoxy) is 5. The van der Waals surface area contributed by atoms with Crippen LogP contribution in [0.2, 0.25) is 0 Å². The molecular formula is C32H33NO9. The van der Waals surface area contributed by atoms with Gasteiger partial charge in [0.25, 0.3) is 0 Å². The molecule has 0 spiro atoms. The largest absolute Gasteiger partial charge is 0.460 e. The van der Waals surface area contributed by atoms with Crippen molar-refractivity contribution in [2.24, 2.45) is 0 Å². The summed E-state index contributed by atoms with van der Waals surface area (Å²) in [5.74, 6) is -0.652. The Hall–Kier alpha value is -4.70. The first-order valence-corrected chi connectivity index (χ1v) is 13.5. The molecule has 0 aromatic heterocycles. The van der Waals surface area contributed by atoms with Gasteiger partial charge in [-0.25, -0.2) is 0 Å². The quantitative estimate of drug-likeness (QED) is 0.179. The van der Waals surface area contributed by atoms with Gasteiger partial charge in [-0.1, -0.05) is 30.3 Å². The first-order valence-electron chi connectivity index (χ1n) is 13.5. The van der Waals surface area contributed by atoms with E-state index in [9.17, 15) is 19.2 Å². The topological polar surface area (TPSA) is 118 Å². The Labute approximate surface area is 244 Å². The van der Waals surface area contributed by atoms with Gasteiger partial charge in [-0.3, -0.25) is 19.2 Å². The Balaban J connectivity index is 1.58. The van der Waals surface area contributed by atoms with Crippen LogP contribution in [0, 0.1) is 0 Å². The summed E-state index contributed by atoms with van der Waals surface area (Å²) in [5.41, 5.74) is 1.08. The van der Waals surface area contributed by atoms with Gasteiger partial charge in [0, 0.05) is 63.7 Å². The van der Waals surface area contributed by atoms with Gasteiger partial charge in [0.15, 0.2) is 0 Å². The van der Waals surface area contributed by atoms with Crippen molar-refractivity contribution in [3.05, 3.63) is 83.4 Å². The van der Waals surface area contributed by atoms with Crippen LogP contribution in [-0.2, 0) is 40.9 Å². The van der Waals surface area contributed by atoms with Crippen LogP contribution >= 0.6 is 0 Å². The molecule has 0 unspecified atom stereocenters. The maximum atomic E-state index is 12.9. The van der Waals surface area contributed by atoms with Crippen molar-refractivity contribution >= 4 is 23.8 Å². The van der Waals surface area contributed by atoms with E-state index in [0.717, 1.165) is 5.56 Å². The zero-order chi connectivity index (χ0) is 30.3. The van der Waals surface area contributed by atoms with Gasteiger partial charge in [0.2, 0.25) is 5.91 Å². The summed E-state index contributed by atoms with van der Waals surface area (Å²) in [7, 11) is 1.61. The Morgan fingerprint density at radius 2 is 1.40 bits per heavy atom. The molecule has 0 radical (unpaired) electrons. The molecule has 10 heteroatoms. The van der Waals surface area contributed by atoms with E-state index in [1.54, 1.807) is 43.4 Å². The SMILES string of the molecule is CCOC1(CCN(C)C(=O)CC(=O)OCc2ccccc2)c2ccc(OC(C)=O)cc2Oc2cc(OC(C)=O)ccc21. The molecule has 0 fully saturated rings. The number of hydrogen-bond donors (Lipinski definition) is 0. The van der Waals surface area contributed by atoms with Gasteiger partial charge in [-0.2, -0.15) is 0 Å². The highest BCUT2D eigenvalue weighted by atomic mass is 16.5. The monoisotopic (exact) mass is 575 g/mol. The van der Waals surface area contributed by atoms with E-state index >= 15 is 0 Å². The first-order chi connectivity index (χ1) is 20.1. The number of carbonyl (C=O) groups is 4. The zero-order valence-electron chi connectivity index (χ0n) is 24.0. The van der Waals surface area contributed by atoms with Crippen LogP contribution < -0.4 is 14.2 Å². The minimum absolute atomic E-state index is 0.0857. The summed E-state index contributed by atoms with van der Waals surface area (Å²) < 4.78 is 28.4. The normalized spacial score (nSPS) is 12.7. The van der Waals surface area contributed by atoms with Gasteiger partial charge >= 0.3 is 17.9 Å². The highest BCUT2D eigenvalue weighted by molar-refractivity contribution is 5.94. The molecule has 42 heavy (non-hydrogen) atoms. The molecule has 220 valence electrons. The second-order valence-corrected chi connectivity index (χ2v) is 9.75. The molecule has 10 nitrogen and oxygen atoms in total. The van der Waals surface area contributed by atoms with E-state index in [4.69, 9.17) is 23.7 Å². The Kier molecular flexibility index (Phi) is 9.59. The lowest BCUT2D eigenvalue weighted by Gasteiger charge is -2.41. The maximum Gasteiger partial charge on any atom is 0.315 e. The maximum absolute atomic E-state index is 12.9. The minimum Gasteiger partial charge on any atom is -0.460 e. The summed E-state index contributed by atoms with van der Waals surface area (Å²) >= 11 is 0. The second kappa shape index (κ2) is 13.3. The molecule has 0 atom stereocenters. The van der Waals surface area contributed by atoms with Crippen LogP contribution in [0.25, 0.3) is 0 Å². The van der Waals surface area contributed by atoms with Gasteiger partial charge in [-0.05, 0) is 36.8 Å². The van der Waals surface area contributed by atoms with Crippen LogP contribution in [0.1, 0.15) is 50.3 Å². The fourth-order valence-corrected chi connectivity index (χ4v) is 4.80. The fourth-order valence-electron chi connectivity index (χ4n) is 4.80. The molecule has 0 saturated carbocycles. The molecule has 1 aliphatic heterocycles. The van der Waals surface area contributed by atoms with E-state index < -0.39 is 35.8 Å². The molecule has 1 aliphatic rings. The highest BCUT2D eigenvalue weighted by Crippen LogP contribution is 2.52. The molecule has 0 N–H and O–H groups in total. The van der Waals surface area contributed by atoms with Crippen molar-refractivity contribution in [1.82, 2.24) is 4.90 Å². The van der Waals surface area contributed by atoms with E-state index in [2.05, 4.69) is 0 Å². The van der Waals surface area contributed by atoms with Gasteiger partial charge in [0.05, 0.1) is 0 Å². The number of rotatable bonds is 11. The van der Waals surface area contributed by atoms with Crippen molar-refractivity contribution in [1.29, 1.82) is 0 Å². The summed E-state index contributed by atoms with van der Waals surface area (Å²) in [6.07, 6.45) is -0.107. The number of amides is 1. The Morgan fingerprint density at radius 3 is 1.93 bits per heavy atom. The number of carbonyl (C=O) groups excluding carboxylic acids is 4. The van der Waals surface area contributed by atoms with Crippen LogP contribution in [-0.4, -0.2) is 48.9 Å². The van der Waals surface area contributed by atoms with Gasteiger partial charge in [-0.15, -0.1) is 0 Å². The van der Waals surface area contributed by atoms with Crippen molar-refractivity contribution in [2.45, 2.75) is 45.8 Å². The summed E-state index contributed by atoms with van der Waals surface area (Å²) in [6.45, 7) is 5.09. The third-order valence-corrected chi connectivity index (χ3v) is 6.67. The second-order valence-electron chi connectivity index (χ2n) is 9.75. The third-order valence-electron chi connectivity index (χ3n) is 6.67. The first kappa shape index (κ1) is 30.3. The molecule has 3 aromatic rings. The number of esters is 3. The Morgan fingerprint density at radius 1 is 0.833 bits per heavy atom. The average molecular weight is 576 g/mol. The Bertz CT molecular complexity index is 1400. The standard InChI is InChI=1S/C32H33NO9/c1-5-39-32(15-16-33(4)30(36)19-31(37)38-20-23-9-7-6-8-10-23)26-13-11-24(40-21(2)34)17-28(26)42-29-18-25(41-22(3)35)12-14-27(29)32/h6-14,17-18H,5,15-16,19-20H2,1-4H3. The van der Waals surface area contributed by atoms with E-state index in [1.807, 2.05) is 37.3 Å². The van der Waals surface area contributed by atoms with Crippen molar-refractivity contribution in [3.63, 3.8) is 0 Å². The van der Waals surface area contributed by atoms with Crippen LogP contribution in [0.3, 0.4) is 0 Å². The summed E-state index contributed by atoms with van der Waals surface area (Å²) in [6, 6.07) is 19.2. The van der Waals surface area contributed by atoms with Crippen molar-refractivity contribution in [3.8, 4) is 23.0 Å². The smallest absolute Gasteiger partial charge is 0.315 e. The number of benzene rings is 3. The van der Waals surface area contributed by atoms with Crippen molar-refractivity contribution in [2.75, 3.05) is 20.2 Å². The van der Waals surface area contributed by atoms with Crippen LogP contribution in [0.4, 0.5) is 0 Å². The lowest BCUT2D eigenvalue weighted by Crippen LogP contribution is -2.39. The van der Waals surface area contributed by atoms with E-state index in [1.165, 1.54) is 18.7 Å². The fraction of sp³-hybridized carbons (Fsp3) is 0.312. The predicted octanol–water partition coefficient (Wildman–Crippen LogP) is 4.91. The minimum atomic E-state index is -1.08. The third kappa shape index (κ3) is 7.13. The zero-order valence-corrected chi connectivity index (χ0v) is 24.0. The number of hydrogen-bond acceptors (Lipinski definition) is 9. The lowest BCUT2D eigenvalue weighted by molar-refractivity contribution is -0.150. The van der Waals surface area contributed by atoms with E-state index in [0.29, 0.717) is 35.7 Å². The van der Waals surface area contributed by atoms with Gasteiger partial charge < -0.3 is 28.6 Å². The summed E-state index contributed by atoms with van der Waals surface area (Å²) in [4.78, 5) is 49.9. The number of fused-ring (bicyclic) bond motifs is 2. The van der Waals surface area contributed by atoms with Crippen LogP contribution in [0.15, 0.2) is 66.7 Å². The molecule has 0 bridgehead atoms. The molecule has 1 heterocycles. The molecule has 0 saturated heterocycles. The molecule has 0 aliphatic carbocycles. The molecule has 4 rings (SSSR count). The molecule has 1 amide bonds. The lowest BCUT2D eigenvalue weighted by atomic mass is 9.80.